The zero-order chi connectivity index (χ0) is 22.1. The summed E-state index contributed by atoms with van der Waals surface area (Å²) in [5.41, 5.74) is -3.77. The number of benzene rings is 3. The largest absolute Gasteiger partial charge is 0.416 e. The molecule has 0 aliphatic heterocycles. The summed E-state index contributed by atoms with van der Waals surface area (Å²) in [5, 5.41) is 5.43. The average molecular weight is 426 g/mol. The Labute approximate surface area is 165 Å². The second-order valence-electron chi connectivity index (χ2n) is 6.23. The summed E-state index contributed by atoms with van der Waals surface area (Å²) >= 11 is 0. The highest BCUT2D eigenvalue weighted by Gasteiger charge is 2.37. The van der Waals surface area contributed by atoms with Crippen molar-refractivity contribution in [3.8, 4) is 0 Å². The van der Waals surface area contributed by atoms with Crippen molar-refractivity contribution >= 4 is 34.0 Å². The summed E-state index contributed by atoms with van der Waals surface area (Å²) in [6, 6.07) is 12.3. The van der Waals surface area contributed by atoms with Crippen LogP contribution in [0.1, 0.15) is 11.1 Å². The van der Waals surface area contributed by atoms with Crippen LogP contribution in [-0.2, 0) is 21.9 Å². The van der Waals surface area contributed by atoms with E-state index in [0.717, 1.165) is 5.39 Å². The van der Waals surface area contributed by atoms with E-state index in [0.29, 0.717) is 17.5 Å². The van der Waals surface area contributed by atoms with Crippen LogP contribution in [0, 0.1) is 0 Å². The van der Waals surface area contributed by atoms with Crippen LogP contribution < -0.4 is 10.6 Å². The fourth-order valence-corrected chi connectivity index (χ4v) is 2.73. The van der Waals surface area contributed by atoms with E-state index >= 15 is 0 Å². The molecule has 156 valence electrons. The van der Waals surface area contributed by atoms with E-state index < -0.39 is 41.0 Å². The van der Waals surface area contributed by atoms with Crippen LogP contribution >= 0.6 is 0 Å². The highest BCUT2D eigenvalue weighted by molar-refractivity contribution is 6.44. The molecule has 0 aliphatic carbocycles. The quantitative estimate of drug-likeness (QED) is 0.423. The molecule has 30 heavy (non-hydrogen) atoms. The molecule has 3 rings (SSSR count). The lowest BCUT2D eigenvalue weighted by Crippen LogP contribution is -2.29. The first-order chi connectivity index (χ1) is 13.9. The molecule has 0 fully saturated rings. The van der Waals surface area contributed by atoms with Crippen molar-refractivity contribution < 1.29 is 35.9 Å². The molecule has 0 aliphatic rings. The normalized spacial score (nSPS) is 11.9. The number of halogens is 6. The monoisotopic (exact) mass is 426 g/mol. The second kappa shape index (κ2) is 7.69. The first-order valence-corrected chi connectivity index (χ1v) is 8.35. The third kappa shape index (κ3) is 4.70. The minimum atomic E-state index is -5.08. The minimum Gasteiger partial charge on any atom is -0.318 e. The molecular weight excluding hydrogens is 414 g/mol. The van der Waals surface area contributed by atoms with Gasteiger partial charge < -0.3 is 10.6 Å². The minimum absolute atomic E-state index is 0.0775. The fraction of sp³-hybridized carbons (Fsp3) is 0.100. The Morgan fingerprint density at radius 1 is 0.667 bits per heavy atom. The SMILES string of the molecule is O=C(Nc1cc(C(F)(F)F)cc(C(F)(F)F)c1)C(=O)Nc1cccc2ccccc12. The van der Waals surface area contributed by atoms with Gasteiger partial charge in [-0.05, 0) is 29.7 Å². The first-order valence-electron chi connectivity index (χ1n) is 8.35. The fourth-order valence-electron chi connectivity index (χ4n) is 2.73. The summed E-state index contributed by atoms with van der Waals surface area (Å²) in [6.07, 6.45) is -10.2. The van der Waals surface area contributed by atoms with Crippen molar-refractivity contribution in [2.45, 2.75) is 12.4 Å². The Hall–Kier alpha value is -3.56. The highest BCUT2D eigenvalue weighted by atomic mass is 19.4. The van der Waals surface area contributed by atoms with Gasteiger partial charge in [-0.2, -0.15) is 26.3 Å². The van der Waals surface area contributed by atoms with E-state index in [-0.39, 0.29) is 11.8 Å². The van der Waals surface area contributed by atoms with Gasteiger partial charge in [0.25, 0.3) is 0 Å². The van der Waals surface area contributed by atoms with Crippen molar-refractivity contribution in [1.29, 1.82) is 0 Å². The lowest BCUT2D eigenvalue weighted by atomic mass is 10.1. The lowest BCUT2D eigenvalue weighted by Gasteiger charge is -2.15. The molecular formula is C20H12F6N2O2. The molecule has 0 aromatic heterocycles. The summed E-state index contributed by atoms with van der Waals surface area (Å²) in [7, 11) is 0. The van der Waals surface area contributed by atoms with E-state index in [9.17, 15) is 35.9 Å². The Balaban J connectivity index is 1.85. The Kier molecular flexibility index (Phi) is 5.43. The number of fused-ring (bicyclic) bond motifs is 1. The number of hydrogen-bond donors (Lipinski definition) is 2. The zero-order valence-corrected chi connectivity index (χ0v) is 14.9. The van der Waals surface area contributed by atoms with Gasteiger partial charge in [-0.15, -0.1) is 0 Å². The molecule has 0 unspecified atom stereocenters. The maximum Gasteiger partial charge on any atom is 0.416 e. The number of alkyl halides is 6. The van der Waals surface area contributed by atoms with Crippen molar-refractivity contribution in [3.05, 3.63) is 71.8 Å². The summed E-state index contributed by atoms with van der Waals surface area (Å²) < 4.78 is 77.5. The number of amides is 2. The third-order valence-electron chi connectivity index (χ3n) is 4.09. The molecule has 4 nitrogen and oxygen atoms in total. The molecule has 0 radical (unpaired) electrons. The molecule has 0 heterocycles. The van der Waals surface area contributed by atoms with E-state index in [1.165, 1.54) is 6.07 Å². The topological polar surface area (TPSA) is 58.2 Å². The van der Waals surface area contributed by atoms with Crippen LogP contribution in [0.5, 0.6) is 0 Å². The van der Waals surface area contributed by atoms with Crippen molar-refractivity contribution in [2.75, 3.05) is 10.6 Å². The number of nitrogens with one attached hydrogen (secondary N) is 2. The summed E-state index contributed by atoms with van der Waals surface area (Å²) in [4.78, 5) is 24.2. The van der Waals surface area contributed by atoms with Gasteiger partial charge in [0.05, 0.1) is 11.1 Å². The van der Waals surface area contributed by atoms with Crippen molar-refractivity contribution in [1.82, 2.24) is 0 Å². The van der Waals surface area contributed by atoms with E-state index in [1.807, 2.05) is 0 Å². The Morgan fingerprint density at radius 3 is 1.80 bits per heavy atom. The van der Waals surface area contributed by atoms with Crippen molar-refractivity contribution in [2.24, 2.45) is 0 Å². The number of rotatable bonds is 2. The van der Waals surface area contributed by atoms with Gasteiger partial charge in [-0.3, -0.25) is 9.59 Å². The molecule has 3 aromatic carbocycles. The van der Waals surface area contributed by atoms with Gasteiger partial charge in [-0.1, -0.05) is 36.4 Å². The zero-order valence-electron chi connectivity index (χ0n) is 14.9. The molecule has 0 saturated heterocycles. The Bertz CT molecular complexity index is 1080. The number of anilines is 2. The van der Waals surface area contributed by atoms with Crippen molar-refractivity contribution in [3.63, 3.8) is 0 Å². The van der Waals surface area contributed by atoms with Gasteiger partial charge in [0.2, 0.25) is 0 Å². The molecule has 10 heteroatoms. The maximum absolute atomic E-state index is 12.9. The standard InChI is InChI=1S/C20H12F6N2O2/c21-19(22,23)12-8-13(20(24,25)26)10-14(9-12)27-17(29)18(30)28-16-7-3-5-11-4-1-2-6-15(11)16/h1-10H,(H,27,29)(H,28,30). The van der Waals surface area contributed by atoms with Crippen LogP contribution in [0.2, 0.25) is 0 Å². The van der Waals surface area contributed by atoms with Crippen LogP contribution in [0.25, 0.3) is 10.8 Å². The molecule has 2 amide bonds. The van der Waals surface area contributed by atoms with Gasteiger partial charge >= 0.3 is 24.2 Å². The van der Waals surface area contributed by atoms with Crippen LogP contribution in [-0.4, -0.2) is 11.8 Å². The van der Waals surface area contributed by atoms with Gasteiger partial charge in [0.1, 0.15) is 0 Å². The molecule has 0 spiro atoms. The molecule has 2 N–H and O–H groups in total. The molecule has 0 atom stereocenters. The summed E-state index contributed by atoms with van der Waals surface area (Å²) in [5.74, 6) is -2.67. The third-order valence-corrected chi connectivity index (χ3v) is 4.09. The first kappa shape index (κ1) is 21.2. The van der Waals surface area contributed by atoms with Crippen LogP contribution in [0.4, 0.5) is 37.7 Å². The smallest absolute Gasteiger partial charge is 0.318 e. The van der Waals surface area contributed by atoms with Crippen LogP contribution in [0.3, 0.4) is 0 Å². The predicted octanol–water partition coefficient (Wildman–Crippen LogP) is 5.45. The maximum atomic E-state index is 12.9. The molecule has 3 aromatic rings. The second-order valence-corrected chi connectivity index (χ2v) is 6.23. The van der Waals surface area contributed by atoms with E-state index in [2.05, 4.69) is 5.32 Å². The predicted molar refractivity (Wildman–Crippen MR) is 97.7 cm³/mol. The number of hydrogen-bond acceptors (Lipinski definition) is 2. The molecule has 0 bridgehead atoms. The van der Waals surface area contributed by atoms with E-state index in [4.69, 9.17) is 0 Å². The number of carbonyl (C=O) groups is 2. The lowest BCUT2D eigenvalue weighted by molar-refractivity contribution is -0.143. The summed E-state index contributed by atoms with van der Waals surface area (Å²) in [6.45, 7) is 0. The highest BCUT2D eigenvalue weighted by Crippen LogP contribution is 2.37. The average Bonchev–Trinajstić information content (AvgIpc) is 2.66. The molecule has 0 saturated carbocycles. The van der Waals surface area contributed by atoms with Gasteiger partial charge in [-0.25, -0.2) is 0 Å². The number of carbonyl (C=O) groups excluding carboxylic acids is 2. The van der Waals surface area contributed by atoms with E-state index in [1.54, 1.807) is 41.7 Å². The van der Waals surface area contributed by atoms with Gasteiger partial charge in [0.15, 0.2) is 0 Å². The Morgan fingerprint density at radius 2 is 1.20 bits per heavy atom. The van der Waals surface area contributed by atoms with Crippen LogP contribution in [0.15, 0.2) is 60.7 Å². The van der Waals surface area contributed by atoms with Gasteiger partial charge in [0, 0.05) is 16.8 Å².